The van der Waals surface area contributed by atoms with Crippen LogP contribution >= 0.6 is 15.9 Å². The lowest BCUT2D eigenvalue weighted by molar-refractivity contribution is -0.139. The van der Waals surface area contributed by atoms with E-state index in [1.807, 2.05) is 0 Å². The first-order valence-corrected chi connectivity index (χ1v) is 11.4. The van der Waals surface area contributed by atoms with Gasteiger partial charge in [-0.1, -0.05) is 0 Å². The summed E-state index contributed by atoms with van der Waals surface area (Å²) in [6.07, 6.45) is -4.54. The standard InChI is InChI=1S/C19H20BrF3N2O5S/c1-28-14-5-6-16(17(20)18(14)29-2)31(26,27)25-11-3-4-13(19(21,22)23)15(9-11)30-12-7-8-24-10-12/h3-6,9,12,24-25H,7-8,10H2,1-2H3. The summed E-state index contributed by atoms with van der Waals surface area (Å²) < 4.78 is 84.3. The maximum atomic E-state index is 13.4. The molecule has 0 aromatic heterocycles. The van der Waals surface area contributed by atoms with Crippen molar-refractivity contribution in [2.24, 2.45) is 0 Å². The van der Waals surface area contributed by atoms with E-state index in [-0.39, 0.29) is 20.8 Å². The summed E-state index contributed by atoms with van der Waals surface area (Å²) in [5.74, 6) is 0.0343. The molecule has 0 aliphatic carbocycles. The lowest BCUT2D eigenvalue weighted by Crippen LogP contribution is -2.22. The molecule has 1 fully saturated rings. The van der Waals surface area contributed by atoms with Gasteiger partial charge in [-0.2, -0.15) is 13.2 Å². The van der Waals surface area contributed by atoms with Crippen molar-refractivity contribution >= 4 is 31.6 Å². The molecule has 170 valence electrons. The molecule has 1 saturated heterocycles. The number of hydrogen-bond acceptors (Lipinski definition) is 6. The van der Waals surface area contributed by atoms with Gasteiger partial charge in [0.2, 0.25) is 0 Å². The van der Waals surface area contributed by atoms with Gasteiger partial charge in [0.1, 0.15) is 16.7 Å². The van der Waals surface area contributed by atoms with Gasteiger partial charge in [0, 0.05) is 12.6 Å². The highest BCUT2D eigenvalue weighted by Crippen LogP contribution is 2.41. The molecular weight excluding hydrogens is 505 g/mol. The molecule has 31 heavy (non-hydrogen) atoms. The van der Waals surface area contributed by atoms with E-state index >= 15 is 0 Å². The third kappa shape index (κ3) is 5.18. The second-order valence-corrected chi connectivity index (χ2v) is 9.10. The average molecular weight is 525 g/mol. The van der Waals surface area contributed by atoms with Crippen LogP contribution in [-0.4, -0.2) is 41.8 Å². The minimum Gasteiger partial charge on any atom is -0.493 e. The molecule has 7 nitrogen and oxygen atoms in total. The number of nitrogens with one attached hydrogen (secondary N) is 2. The molecule has 0 amide bonds. The van der Waals surface area contributed by atoms with E-state index in [0.29, 0.717) is 25.3 Å². The van der Waals surface area contributed by atoms with Crippen LogP contribution in [0.1, 0.15) is 12.0 Å². The highest BCUT2D eigenvalue weighted by atomic mass is 79.9. The van der Waals surface area contributed by atoms with Crippen LogP contribution in [0.3, 0.4) is 0 Å². The van der Waals surface area contributed by atoms with Gasteiger partial charge in [0.25, 0.3) is 10.0 Å². The van der Waals surface area contributed by atoms with Gasteiger partial charge >= 0.3 is 6.18 Å². The largest absolute Gasteiger partial charge is 0.493 e. The zero-order chi connectivity index (χ0) is 22.8. The molecular formula is C19H20BrF3N2O5S. The van der Waals surface area contributed by atoms with Crippen LogP contribution in [0.25, 0.3) is 0 Å². The van der Waals surface area contributed by atoms with E-state index in [2.05, 4.69) is 26.0 Å². The number of halogens is 4. The van der Waals surface area contributed by atoms with Gasteiger partial charge < -0.3 is 19.5 Å². The molecule has 0 spiro atoms. The molecule has 1 aliphatic rings. The lowest BCUT2D eigenvalue weighted by atomic mass is 10.1. The number of hydrogen-bond donors (Lipinski definition) is 2. The minimum atomic E-state index is -4.65. The predicted octanol–water partition coefficient (Wildman–Crippen LogP) is 4.03. The quantitative estimate of drug-likeness (QED) is 0.568. The third-order valence-electron chi connectivity index (χ3n) is 4.59. The first-order chi connectivity index (χ1) is 14.6. The number of sulfonamides is 1. The van der Waals surface area contributed by atoms with E-state index in [0.717, 1.165) is 18.2 Å². The van der Waals surface area contributed by atoms with Crippen molar-refractivity contribution in [2.75, 3.05) is 32.0 Å². The number of alkyl halides is 3. The Balaban J connectivity index is 1.96. The monoisotopic (exact) mass is 524 g/mol. The van der Waals surface area contributed by atoms with E-state index in [1.165, 1.54) is 26.4 Å². The number of rotatable bonds is 7. The highest BCUT2D eigenvalue weighted by molar-refractivity contribution is 9.10. The highest BCUT2D eigenvalue weighted by Gasteiger charge is 2.36. The third-order valence-corrected chi connectivity index (χ3v) is 7.06. The van der Waals surface area contributed by atoms with Crippen LogP contribution in [0, 0.1) is 0 Å². The fourth-order valence-electron chi connectivity index (χ4n) is 3.11. The van der Waals surface area contributed by atoms with Crippen molar-refractivity contribution < 1.29 is 35.8 Å². The Kier molecular flexibility index (Phi) is 6.92. The summed E-state index contributed by atoms with van der Waals surface area (Å²) in [4.78, 5) is -0.174. The topological polar surface area (TPSA) is 85.9 Å². The fourth-order valence-corrected chi connectivity index (χ4v) is 5.37. The number of benzene rings is 2. The van der Waals surface area contributed by atoms with Gasteiger partial charge in [-0.3, -0.25) is 4.72 Å². The molecule has 2 aromatic carbocycles. The Morgan fingerprint density at radius 3 is 2.45 bits per heavy atom. The molecule has 2 N–H and O–H groups in total. The fraction of sp³-hybridized carbons (Fsp3) is 0.368. The molecule has 2 aromatic rings. The number of methoxy groups -OCH3 is 2. The predicted molar refractivity (Wildman–Crippen MR) is 111 cm³/mol. The van der Waals surface area contributed by atoms with Gasteiger partial charge in [-0.05, 0) is 53.2 Å². The molecule has 1 aliphatic heterocycles. The van der Waals surface area contributed by atoms with Crippen molar-refractivity contribution in [3.8, 4) is 17.2 Å². The molecule has 1 unspecified atom stereocenters. The molecule has 0 saturated carbocycles. The summed E-state index contributed by atoms with van der Waals surface area (Å²) in [7, 11) is -1.42. The SMILES string of the molecule is COc1ccc(S(=O)(=O)Nc2ccc(C(F)(F)F)c(OC3CCNC3)c2)c(Br)c1OC. The molecule has 12 heteroatoms. The number of ether oxygens (including phenoxy) is 3. The van der Waals surface area contributed by atoms with Crippen molar-refractivity contribution in [3.63, 3.8) is 0 Å². The molecule has 0 bridgehead atoms. The van der Waals surface area contributed by atoms with Crippen LogP contribution in [0.2, 0.25) is 0 Å². The summed E-state index contributed by atoms with van der Waals surface area (Å²) >= 11 is 3.19. The van der Waals surface area contributed by atoms with Gasteiger partial charge in [0.05, 0.1) is 29.9 Å². The molecule has 3 rings (SSSR count). The minimum absolute atomic E-state index is 0.0735. The maximum absolute atomic E-state index is 13.4. The Bertz CT molecular complexity index is 1060. The Morgan fingerprint density at radius 2 is 1.87 bits per heavy atom. The van der Waals surface area contributed by atoms with E-state index in [4.69, 9.17) is 14.2 Å². The zero-order valence-corrected chi connectivity index (χ0v) is 18.9. The zero-order valence-electron chi connectivity index (χ0n) is 16.5. The van der Waals surface area contributed by atoms with E-state index in [1.54, 1.807) is 0 Å². The van der Waals surface area contributed by atoms with Crippen molar-refractivity contribution in [1.29, 1.82) is 0 Å². The smallest absolute Gasteiger partial charge is 0.419 e. The van der Waals surface area contributed by atoms with Crippen LogP contribution in [-0.2, 0) is 16.2 Å². The number of anilines is 1. The van der Waals surface area contributed by atoms with Crippen LogP contribution in [0.5, 0.6) is 17.2 Å². The second-order valence-electron chi connectivity index (χ2n) is 6.66. The molecule has 1 heterocycles. The summed E-state index contributed by atoms with van der Waals surface area (Å²) in [5.41, 5.74) is -1.05. The Labute approximate surface area is 186 Å². The van der Waals surface area contributed by atoms with Crippen molar-refractivity contribution in [3.05, 3.63) is 40.4 Å². The average Bonchev–Trinajstić information content (AvgIpc) is 3.19. The lowest BCUT2D eigenvalue weighted by Gasteiger charge is -2.19. The van der Waals surface area contributed by atoms with Crippen LogP contribution in [0.15, 0.2) is 39.7 Å². The molecule has 0 radical (unpaired) electrons. The first kappa shape index (κ1) is 23.5. The maximum Gasteiger partial charge on any atom is 0.419 e. The molecule has 1 atom stereocenters. The van der Waals surface area contributed by atoms with Gasteiger partial charge in [-0.25, -0.2) is 8.42 Å². The summed E-state index contributed by atoms with van der Waals surface area (Å²) in [6.45, 7) is 1.04. The summed E-state index contributed by atoms with van der Waals surface area (Å²) in [5, 5.41) is 3.01. The van der Waals surface area contributed by atoms with E-state index in [9.17, 15) is 21.6 Å². The van der Waals surface area contributed by atoms with Gasteiger partial charge in [0.15, 0.2) is 11.5 Å². The first-order valence-electron chi connectivity index (χ1n) is 9.08. The van der Waals surface area contributed by atoms with Crippen LogP contribution in [0.4, 0.5) is 18.9 Å². The summed E-state index contributed by atoms with van der Waals surface area (Å²) in [6, 6.07) is 5.56. The normalized spacial score (nSPS) is 16.8. The van der Waals surface area contributed by atoms with Crippen LogP contribution < -0.4 is 24.2 Å². The Morgan fingerprint density at radius 1 is 1.13 bits per heavy atom. The van der Waals surface area contributed by atoms with Crippen molar-refractivity contribution in [1.82, 2.24) is 5.32 Å². The Hall–Kier alpha value is -2.18. The second kappa shape index (κ2) is 9.13. The van der Waals surface area contributed by atoms with E-state index < -0.39 is 33.6 Å². The van der Waals surface area contributed by atoms with Gasteiger partial charge in [-0.15, -0.1) is 0 Å². The van der Waals surface area contributed by atoms with Crippen molar-refractivity contribution in [2.45, 2.75) is 23.6 Å².